The molecule has 11 nitrogen and oxygen atoms in total. The fourth-order valence-electron chi connectivity index (χ4n) is 5.14. The molecule has 0 fully saturated rings. The monoisotopic (exact) mass is 835 g/mol. The van der Waals surface area contributed by atoms with Gasteiger partial charge in [0.25, 0.3) is 0 Å². The maximum Gasteiger partial charge on any atom is 0.472 e. The Bertz CT molecular complexity index is 1300. The highest BCUT2D eigenvalue weighted by Gasteiger charge is 2.27. The van der Waals surface area contributed by atoms with E-state index in [4.69, 9.17) is 19.1 Å². The van der Waals surface area contributed by atoms with Crippen molar-refractivity contribution >= 4 is 25.5 Å². The second-order valence-electron chi connectivity index (χ2n) is 14.0. The Morgan fingerprint density at radius 3 is 1.69 bits per heavy atom. The minimum absolute atomic E-state index is 0.0579. The van der Waals surface area contributed by atoms with Crippen LogP contribution in [0.4, 0.5) is 0 Å². The second-order valence-corrected chi connectivity index (χ2v) is 15.5. The van der Waals surface area contributed by atoms with E-state index >= 15 is 0 Å². The number of hydrogen-bond acceptors (Lipinski definition) is 10. The highest BCUT2D eigenvalue weighted by molar-refractivity contribution is 7.47. The summed E-state index contributed by atoms with van der Waals surface area (Å²) < 4.78 is 32.4. The van der Waals surface area contributed by atoms with Crippen LogP contribution in [0.5, 0.6) is 0 Å². The average molecular weight is 835 g/mol. The topological polar surface area (TPSA) is 166 Å². The molecule has 3 N–H and O–H groups in total. The van der Waals surface area contributed by atoms with Crippen LogP contribution in [0, 0.1) is 0 Å². The van der Waals surface area contributed by atoms with Gasteiger partial charge in [-0.05, 0) is 76.7 Å². The van der Waals surface area contributed by atoms with Gasteiger partial charge in [0.05, 0.1) is 19.8 Å². The maximum absolute atomic E-state index is 12.6. The van der Waals surface area contributed by atoms with Gasteiger partial charge in [-0.1, -0.05) is 138 Å². The van der Waals surface area contributed by atoms with E-state index in [9.17, 15) is 28.9 Å². The number of esters is 2. The number of unbranched alkanes of at least 4 members (excludes halogenated alkanes) is 10. The number of aliphatic hydroxyl groups excluding tert-OH is 2. The molecule has 0 aliphatic heterocycles. The summed E-state index contributed by atoms with van der Waals surface area (Å²) in [6.07, 6.45) is 44.2. The molecule has 0 bridgehead atoms. The molecular formula is C46H75O11P. The molecule has 0 spiro atoms. The molecule has 1 unspecified atom stereocenters. The molecule has 0 heterocycles. The van der Waals surface area contributed by atoms with Crippen LogP contribution in [0.2, 0.25) is 0 Å². The summed E-state index contributed by atoms with van der Waals surface area (Å²) in [5.74, 6) is -1.39. The van der Waals surface area contributed by atoms with Gasteiger partial charge in [-0.25, -0.2) is 4.57 Å². The van der Waals surface area contributed by atoms with Crippen molar-refractivity contribution in [2.45, 2.75) is 161 Å². The lowest BCUT2D eigenvalue weighted by molar-refractivity contribution is -0.161. The van der Waals surface area contributed by atoms with E-state index in [2.05, 4.69) is 67.0 Å². The first-order valence-electron chi connectivity index (χ1n) is 21.5. The van der Waals surface area contributed by atoms with Crippen LogP contribution in [0.3, 0.4) is 0 Å². The summed E-state index contributed by atoms with van der Waals surface area (Å²) in [6.45, 7) is 1.99. The Hall–Kier alpha value is -3.18. The van der Waals surface area contributed by atoms with Crippen molar-refractivity contribution in [3.05, 3.63) is 85.1 Å². The summed E-state index contributed by atoms with van der Waals surface area (Å²) in [7, 11) is -4.69. The Balaban J connectivity index is 4.60. The molecule has 0 rings (SSSR count). The molecule has 12 heteroatoms. The van der Waals surface area contributed by atoms with Crippen LogP contribution in [0.25, 0.3) is 0 Å². The predicted octanol–water partition coefficient (Wildman–Crippen LogP) is 10.6. The van der Waals surface area contributed by atoms with E-state index in [0.29, 0.717) is 12.8 Å². The first kappa shape index (κ1) is 54.8. The van der Waals surface area contributed by atoms with E-state index in [1.165, 1.54) is 63.9 Å². The lowest BCUT2D eigenvalue weighted by Gasteiger charge is -2.20. The number of aliphatic hydroxyl groups is 2. The summed E-state index contributed by atoms with van der Waals surface area (Å²) in [4.78, 5) is 47.1. The Morgan fingerprint density at radius 2 is 1.07 bits per heavy atom. The number of carbonyl (C=O) groups is 3. The standard InChI is InChI=1S/C46H75O11P/c1-3-5-7-9-11-13-15-17-18-19-20-22-24-26-28-30-32-36-46(51)57-44(41-56-58(52,53)55-39-43(49)38-47)40-54-45(50)37-33-35-42(48)34-31-29-27-25-23-21-16-14-12-10-8-6-4-2/h12,14,17-18,20-23,26-29,31,34,43-44,47,49H,3-11,13,15-16,19,24-25,30,32-33,35-41H2,1-2H3,(H,52,53)/b14-12-,18-17-,22-20-,23-21-,28-26-,29-27-,34-31+/t43-,44+/m0/s1. The Labute approximate surface area is 349 Å². The quantitative estimate of drug-likeness (QED) is 0.0135. The predicted molar refractivity (Wildman–Crippen MR) is 233 cm³/mol. The molecule has 0 saturated carbocycles. The van der Waals surface area contributed by atoms with Gasteiger partial charge in [-0.2, -0.15) is 0 Å². The molecule has 0 aromatic rings. The van der Waals surface area contributed by atoms with Crippen molar-refractivity contribution in [1.82, 2.24) is 0 Å². The number of phosphoric ester groups is 1. The van der Waals surface area contributed by atoms with Crippen molar-refractivity contribution in [2.24, 2.45) is 0 Å². The minimum atomic E-state index is -4.69. The number of allylic oxidation sites excluding steroid dienone is 14. The maximum atomic E-state index is 12.6. The third kappa shape index (κ3) is 39.6. The number of hydrogen-bond donors (Lipinski definition) is 3. The third-order valence-electron chi connectivity index (χ3n) is 8.50. The van der Waals surface area contributed by atoms with Gasteiger partial charge in [-0.15, -0.1) is 0 Å². The van der Waals surface area contributed by atoms with E-state index in [-0.39, 0.29) is 31.5 Å². The molecule has 0 aliphatic carbocycles. The third-order valence-corrected chi connectivity index (χ3v) is 9.45. The zero-order valence-corrected chi connectivity index (χ0v) is 36.4. The first-order chi connectivity index (χ1) is 28.1. The number of ketones is 1. The Kier molecular flexibility index (Phi) is 38.4. The van der Waals surface area contributed by atoms with Crippen molar-refractivity contribution in [2.75, 3.05) is 26.4 Å². The van der Waals surface area contributed by atoms with Crippen LogP contribution in [-0.4, -0.2) is 71.5 Å². The van der Waals surface area contributed by atoms with Crippen LogP contribution < -0.4 is 0 Å². The fraction of sp³-hybridized carbons (Fsp3) is 0.630. The zero-order chi connectivity index (χ0) is 42.8. The number of ether oxygens (including phenoxy) is 2. The molecule has 0 radical (unpaired) electrons. The first-order valence-corrected chi connectivity index (χ1v) is 23.0. The molecule has 330 valence electrons. The van der Waals surface area contributed by atoms with Gasteiger partial charge in [0, 0.05) is 19.3 Å². The van der Waals surface area contributed by atoms with Crippen molar-refractivity contribution in [3.63, 3.8) is 0 Å². The molecule has 0 amide bonds. The van der Waals surface area contributed by atoms with Gasteiger partial charge in [0.15, 0.2) is 11.9 Å². The van der Waals surface area contributed by atoms with Crippen molar-refractivity contribution < 1.29 is 52.6 Å². The van der Waals surface area contributed by atoms with Gasteiger partial charge in [-0.3, -0.25) is 23.4 Å². The van der Waals surface area contributed by atoms with Gasteiger partial charge >= 0.3 is 19.8 Å². The summed E-state index contributed by atoms with van der Waals surface area (Å²) in [6, 6.07) is 0. The SMILES string of the molecule is CCCCC/C=C\C/C=C\C/C=C\C=C\C(=O)CCCC(=O)OC[C@H](COP(=O)(O)OC[C@@H](O)CO)OC(=O)CCC/C=C\C/C=C\C/C=C\CCCCCCCC. The van der Waals surface area contributed by atoms with E-state index in [0.717, 1.165) is 38.5 Å². The Morgan fingerprint density at radius 1 is 0.569 bits per heavy atom. The molecule has 0 aliphatic rings. The molecule has 0 aromatic heterocycles. The minimum Gasteiger partial charge on any atom is -0.462 e. The normalized spacial score (nSPS) is 14.6. The smallest absolute Gasteiger partial charge is 0.462 e. The molecular weight excluding hydrogens is 759 g/mol. The average Bonchev–Trinajstić information content (AvgIpc) is 3.20. The van der Waals surface area contributed by atoms with Crippen LogP contribution >= 0.6 is 7.82 Å². The van der Waals surface area contributed by atoms with Gasteiger partial charge in [0.1, 0.15) is 12.7 Å². The van der Waals surface area contributed by atoms with E-state index < -0.39 is 58.4 Å². The molecule has 58 heavy (non-hydrogen) atoms. The van der Waals surface area contributed by atoms with E-state index in [1.54, 1.807) is 12.2 Å². The van der Waals surface area contributed by atoms with E-state index in [1.807, 2.05) is 18.2 Å². The van der Waals surface area contributed by atoms with Crippen LogP contribution in [0.15, 0.2) is 85.1 Å². The summed E-state index contributed by atoms with van der Waals surface area (Å²) in [5, 5.41) is 18.3. The van der Waals surface area contributed by atoms with Gasteiger partial charge < -0.3 is 24.6 Å². The lowest BCUT2D eigenvalue weighted by atomic mass is 10.1. The van der Waals surface area contributed by atoms with Crippen LogP contribution in [-0.2, 0) is 37.5 Å². The second kappa shape index (κ2) is 40.6. The highest BCUT2D eigenvalue weighted by atomic mass is 31.2. The highest BCUT2D eigenvalue weighted by Crippen LogP contribution is 2.43. The van der Waals surface area contributed by atoms with Gasteiger partial charge in [0.2, 0.25) is 0 Å². The zero-order valence-electron chi connectivity index (χ0n) is 35.5. The molecule has 0 aromatic carbocycles. The molecule has 3 atom stereocenters. The fourth-order valence-corrected chi connectivity index (χ4v) is 5.93. The molecule has 0 saturated heterocycles. The van der Waals surface area contributed by atoms with Crippen molar-refractivity contribution in [1.29, 1.82) is 0 Å². The number of carbonyl (C=O) groups excluding carboxylic acids is 3. The lowest BCUT2D eigenvalue weighted by Crippen LogP contribution is -2.29. The van der Waals surface area contributed by atoms with Crippen molar-refractivity contribution in [3.8, 4) is 0 Å². The number of phosphoric acid groups is 1. The summed E-state index contributed by atoms with van der Waals surface area (Å²) >= 11 is 0. The largest absolute Gasteiger partial charge is 0.472 e. The summed E-state index contributed by atoms with van der Waals surface area (Å²) in [5.41, 5.74) is 0. The van der Waals surface area contributed by atoms with Crippen LogP contribution in [0.1, 0.15) is 149 Å². The number of rotatable bonds is 39.